The van der Waals surface area contributed by atoms with Crippen LogP contribution in [0.3, 0.4) is 0 Å². The summed E-state index contributed by atoms with van der Waals surface area (Å²) in [5.41, 5.74) is 0.859. The van der Waals surface area contributed by atoms with E-state index in [-0.39, 0.29) is 0 Å². The molecule has 0 heterocycles. The molecule has 0 radical (unpaired) electrons. The number of hydrogen-bond acceptors (Lipinski definition) is 1. The van der Waals surface area contributed by atoms with Gasteiger partial charge in [-0.3, -0.25) is 0 Å². The van der Waals surface area contributed by atoms with Crippen LogP contribution in [-0.2, 0) is 0 Å². The Hall–Kier alpha value is -0.491. The molecule has 0 saturated carbocycles. The van der Waals surface area contributed by atoms with Gasteiger partial charge in [0.25, 0.3) is 0 Å². The third-order valence-corrected chi connectivity index (χ3v) is 20.2. The maximum absolute atomic E-state index is 9.23. The first-order valence-electron chi connectivity index (χ1n) is 8.73. The number of unbranched alkanes of at least 4 members (excludes halogenated alkanes) is 3. The Bertz CT molecular complexity index is 425. The monoisotopic (exact) mass is 393 g/mol. The van der Waals surface area contributed by atoms with Crippen molar-refractivity contribution in [2.45, 2.75) is 72.6 Å². The van der Waals surface area contributed by atoms with E-state index in [1.54, 1.807) is 3.58 Å². The van der Waals surface area contributed by atoms with Crippen molar-refractivity contribution >= 4 is 22.0 Å². The maximum atomic E-state index is 9.23. The van der Waals surface area contributed by atoms with Crippen LogP contribution in [0.25, 0.3) is 0 Å². The van der Waals surface area contributed by atoms with Crippen LogP contribution in [0.2, 0.25) is 13.3 Å². The fourth-order valence-corrected chi connectivity index (χ4v) is 19.3. The van der Waals surface area contributed by atoms with Crippen LogP contribution in [0.5, 0.6) is 0 Å². The van der Waals surface area contributed by atoms with Crippen molar-refractivity contribution in [1.29, 1.82) is 5.26 Å². The summed E-state index contributed by atoms with van der Waals surface area (Å²) in [7, 11) is 0. The van der Waals surface area contributed by atoms with Gasteiger partial charge in [-0.05, 0) is 0 Å². The molecule has 0 saturated heterocycles. The topological polar surface area (TPSA) is 23.8 Å². The van der Waals surface area contributed by atoms with Crippen LogP contribution in [0.15, 0.2) is 24.3 Å². The van der Waals surface area contributed by atoms with Crippen molar-refractivity contribution < 1.29 is 0 Å². The molecule has 0 N–H and O–H groups in total. The first-order valence-corrected chi connectivity index (χ1v) is 16.2. The number of nitriles is 1. The van der Waals surface area contributed by atoms with Crippen LogP contribution in [0.4, 0.5) is 0 Å². The molecule has 0 atom stereocenters. The summed E-state index contributed by atoms with van der Waals surface area (Å²) in [6.45, 7) is 6.92. The first kappa shape index (κ1) is 18.6. The normalized spacial score (nSPS) is 11.3. The number of rotatable bonds is 10. The van der Waals surface area contributed by atoms with Gasteiger partial charge in [-0.15, -0.1) is 0 Å². The molecular formula is C19H31NSn. The third-order valence-electron chi connectivity index (χ3n) is 4.63. The van der Waals surface area contributed by atoms with Gasteiger partial charge in [0.15, 0.2) is 0 Å². The molecule has 0 aromatic heterocycles. The van der Waals surface area contributed by atoms with E-state index in [9.17, 15) is 5.26 Å². The van der Waals surface area contributed by atoms with Gasteiger partial charge in [-0.1, -0.05) is 0 Å². The average molecular weight is 392 g/mol. The molecule has 0 aliphatic heterocycles. The van der Waals surface area contributed by atoms with Gasteiger partial charge in [-0.25, -0.2) is 0 Å². The molecule has 0 bridgehead atoms. The van der Waals surface area contributed by atoms with E-state index in [2.05, 4.69) is 45.0 Å². The van der Waals surface area contributed by atoms with Gasteiger partial charge in [-0.2, -0.15) is 0 Å². The molecule has 1 rings (SSSR count). The van der Waals surface area contributed by atoms with Crippen molar-refractivity contribution in [3.8, 4) is 6.07 Å². The van der Waals surface area contributed by atoms with Crippen molar-refractivity contribution in [3.05, 3.63) is 29.8 Å². The van der Waals surface area contributed by atoms with Gasteiger partial charge in [0.2, 0.25) is 0 Å². The molecule has 2 heteroatoms. The molecule has 0 spiro atoms. The van der Waals surface area contributed by atoms with E-state index < -0.39 is 18.4 Å². The molecule has 0 fully saturated rings. The number of nitrogens with zero attached hydrogens (tertiary/aromatic N) is 1. The fourth-order valence-electron chi connectivity index (χ4n) is 3.27. The molecule has 0 aliphatic rings. The van der Waals surface area contributed by atoms with Gasteiger partial charge < -0.3 is 0 Å². The second kappa shape index (κ2) is 10.3. The summed E-state index contributed by atoms with van der Waals surface area (Å²) < 4.78 is 6.03. The van der Waals surface area contributed by atoms with Gasteiger partial charge in [0.1, 0.15) is 0 Å². The van der Waals surface area contributed by atoms with E-state index >= 15 is 0 Å². The fraction of sp³-hybridized carbons (Fsp3) is 0.632. The molecule has 0 unspecified atom stereocenters. The predicted molar refractivity (Wildman–Crippen MR) is 95.7 cm³/mol. The zero-order valence-corrected chi connectivity index (χ0v) is 17.0. The predicted octanol–water partition coefficient (Wildman–Crippen LogP) is 5.61. The Kier molecular flexibility index (Phi) is 9.08. The molecule has 21 heavy (non-hydrogen) atoms. The van der Waals surface area contributed by atoms with E-state index in [0.29, 0.717) is 0 Å². The Morgan fingerprint density at radius 3 is 1.86 bits per heavy atom. The zero-order valence-electron chi connectivity index (χ0n) is 14.1. The van der Waals surface area contributed by atoms with Crippen LogP contribution < -0.4 is 3.58 Å². The molecule has 116 valence electrons. The Morgan fingerprint density at radius 1 is 0.905 bits per heavy atom. The van der Waals surface area contributed by atoms with Crippen molar-refractivity contribution in [2.75, 3.05) is 0 Å². The van der Waals surface area contributed by atoms with E-state index in [4.69, 9.17) is 0 Å². The second-order valence-electron chi connectivity index (χ2n) is 6.28. The SMILES string of the molecule is CCC[CH2][Sn]([CH2]CCC)([CH2]CCC)[c]1cccc(C#N)c1. The van der Waals surface area contributed by atoms with Crippen LogP contribution in [0.1, 0.15) is 64.9 Å². The first-order chi connectivity index (χ1) is 10.2. The zero-order chi connectivity index (χ0) is 15.6. The minimum atomic E-state index is -2.31. The Morgan fingerprint density at radius 2 is 1.43 bits per heavy atom. The van der Waals surface area contributed by atoms with Crippen molar-refractivity contribution in [3.63, 3.8) is 0 Å². The molecule has 1 nitrogen and oxygen atoms in total. The summed E-state index contributed by atoms with van der Waals surface area (Å²) in [6.07, 6.45) is 8.03. The average Bonchev–Trinajstić information content (AvgIpc) is 2.54. The van der Waals surface area contributed by atoms with E-state index in [1.165, 1.54) is 51.8 Å². The van der Waals surface area contributed by atoms with Crippen molar-refractivity contribution in [1.82, 2.24) is 0 Å². The van der Waals surface area contributed by atoms with Crippen LogP contribution >= 0.6 is 0 Å². The summed E-state index contributed by atoms with van der Waals surface area (Å²) in [4.78, 5) is 0. The Balaban J connectivity index is 3.12. The third kappa shape index (κ3) is 5.66. The standard InChI is InChI=1S/C7H4N.3C4H9.Sn/c8-6-7-4-2-1-3-5-7;3*1-3-4-2;/h1-2,4-5H;3*1,3-4H2,2H3;. The summed E-state index contributed by atoms with van der Waals surface area (Å²) in [6, 6.07) is 11.0. The van der Waals surface area contributed by atoms with Gasteiger partial charge in [0.05, 0.1) is 0 Å². The van der Waals surface area contributed by atoms with Crippen LogP contribution in [0, 0.1) is 11.3 Å². The quantitative estimate of drug-likeness (QED) is 0.475. The Labute approximate surface area is 135 Å². The van der Waals surface area contributed by atoms with E-state index in [0.717, 1.165) is 5.56 Å². The second-order valence-corrected chi connectivity index (χ2v) is 19.5. The van der Waals surface area contributed by atoms with Crippen LogP contribution in [-0.4, -0.2) is 18.4 Å². The minimum absolute atomic E-state index is 0.859. The van der Waals surface area contributed by atoms with Gasteiger partial charge >= 0.3 is 136 Å². The summed E-state index contributed by atoms with van der Waals surface area (Å²) >= 11 is -2.31. The molecular weight excluding hydrogens is 361 g/mol. The number of hydrogen-bond donors (Lipinski definition) is 0. The van der Waals surface area contributed by atoms with Crippen molar-refractivity contribution in [2.24, 2.45) is 0 Å². The molecule has 1 aromatic rings. The molecule has 0 aliphatic carbocycles. The summed E-state index contributed by atoms with van der Waals surface area (Å²) in [5, 5.41) is 9.23. The summed E-state index contributed by atoms with van der Waals surface area (Å²) in [5.74, 6) is 0. The van der Waals surface area contributed by atoms with E-state index in [1.807, 2.05) is 6.07 Å². The van der Waals surface area contributed by atoms with Gasteiger partial charge in [0, 0.05) is 0 Å². The number of benzene rings is 1. The molecule has 0 amide bonds. The molecule has 1 aromatic carbocycles.